The molecule has 1 saturated heterocycles. The van der Waals surface area contributed by atoms with Crippen LogP contribution in [0, 0.1) is 0 Å². The number of amides is 1. The summed E-state index contributed by atoms with van der Waals surface area (Å²) in [7, 11) is 0. The summed E-state index contributed by atoms with van der Waals surface area (Å²) >= 11 is 0. The van der Waals surface area contributed by atoms with Crippen molar-refractivity contribution in [2.24, 2.45) is 0 Å². The van der Waals surface area contributed by atoms with Crippen molar-refractivity contribution in [3.63, 3.8) is 0 Å². The van der Waals surface area contributed by atoms with E-state index in [1.54, 1.807) is 0 Å². The number of benzene rings is 2. The van der Waals surface area contributed by atoms with E-state index in [-0.39, 0.29) is 18.2 Å². The molecule has 1 fully saturated rings. The molecule has 0 spiro atoms. The second kappa shape index (κ2) is 7.82. The van der Waals surface area contributed by atoms with Gasteiger partial charge in [-0.05, 0) is 48.1 Å². The largest absolute Gasteiger partial charge is 0.490 e. The van der Waals surface area contributed by atoms with Crippen LogP contribution in [0.4, 0.5) is 4.79 Å². The predicted molar refractivity (Wildman–Crippen MR) is 110 cm³/mol. The van der Waals surface area contributed by atoms with E-state index in [9.17, 15) is 4.79 Å². The average molecular weight is 391 g/mol. The minimum absolute atomic E-state index is 0.100. The molecule has 29 heavy (non-hydrogen) atoms. The summed E-state index contributed by atoms with van der Waals surface area (Å²) < 4.78 is 17.2. The maximum absolute atomic E-state index is 12.7. The maximum Gasteiger partial charge on any atom is 0.410 e. The predicted octanol–water partition coefficient (Wildman–Crippen LogP) is 4.80. The van der Waals surface area contributed by atoms with Gasteiger partial charge in [-0.25, -0.2) is 4.79 Å². The Balaban J connectivity index is 1.31. The van der Waals surface area contributed by atoms with Crippen LogP contribution < -0.4 is 9.47 Å². The van der Waals surface area contributed by atoms with Gasteiger partial charge in [0.05, 0.1) is 19.3 Å². The van der Waals surface area contributed by atoms with E-state index in [4.69, 9.17) is 14.2 Å². The van der Waals surface area contributed by atoms with Crippen molar-refractivity contribution in [3.8, 4) is 11.5 Å². The summed E-state index contributed by atoms with van der Waals surface area (Å²) in [5, 5.41) is 0. The topological polar surface area (TPSA) is 48.0 Å². The first-order valence-corrected chi connectivity index (χ1v) is 10.4. The molecule has 2 bridgehead atoms. The van der Waals surface area contributed by atoms with Crippen LogP contribution in [0.5, 0.6) is 11.5 Å². The fourth-order valence-corrected chi connectivity index (χ4v) is 4.49. The number of nitrogens with zero attached hydrogens (tertiary/aromatic N) is 1. The molecule has 0 aliphatic carbocycles. The van der Waals surface area contributed by atoms with Gasteiger partial charge in [-0.15, -0.1) is 0 Å². The van der Waals surface area contributed by atoms with Crippen LogP contribution in [0.15, 0.2) is 54.6 Å². The Morgan fingerprint density at radius 1 is 1.03 bits per heavy atom. The third-order valence-electron chi connectivity index (χ3n) is 5.93. The number of rotatable bonds is 3. The van der Waals surface area contributed by atoms with Crippen molar-refractivity contribution in [2.45, 2.75) is 44.4 Å². The smallest absolute Gasteiger partial charge is 0.410 e. The number of carbonyl (C=O) groups is 1. The molecule has 5 rings (SSSR count). The van der Waals surface area contributed by atoms with Gasteiger partial charge in [-0.2, -0.15) is 0 Å². The summed E-state index contributed by atoms with van der Waals surface area (Å²) in [6, 6.07) is 16.3. The zero-order valence-electron chi connectivity index (χ0n) is 16.4. The monoisotopic (exact) mass is 391 g/mol. The van der Waals surface area contributed by atoms with Crippen molar-refractivity contribution in [1.82, 2.24) is 4.90 Å². The van der Waals surface area contributed by atoms with Gasteiger partial charge in [0, 0.05) is 12.5 Å². The molecule has 2 aromatic carbocycles. The minimum atomic E-state index is -0.213. The van der Waals surface area contributed by atoms with Crippen LogP contribution in [0.25, 0.3) is 5.57 Å². The molecule has 3 heterocycles. The zero-order chi connectivity index (χ0) is 19.6. The van der Waals surface area contributed by atoms with Crippen LogP contribution in [-0.4, -0.2) is 36.3 Å². The Bertz CT molecular complexity index is 924. The van der Waals surface area contributed by atoms with Crippen LogP contribution in [-0.2, 0) is 11.3 Å². The van der Waals surface area contributed by atoms with Crippen molar-refractivity contribution < 1.29 is 19.0 Å². The van der Waals surface area contributed by atoms with Crippen molar-refractivity contribution in [2.75, 3.05) is 13.2 Å². The third-order valence-corrected chi connectivity index (χ3v) is 5.93. The molecule has 0 saturated carbocycles. The van der Waals surface area contributed by atoms with E-state index in [2.05, 4.69) is 18.2 Å². The average Bonchev–Trinajstić information content (AvgIpc) is 2.92. The van der Waals surface area contributed by atoms with E-state index in [1.165, 1.54) is 5.57 Å². The summed E-state index contributed by atoms with van der Waals surface area (Å²) in [4.78, 5) is 14.7. The molecule has 5 heteroatoms. The Labute approximate surface area is 170 Å². The molecule has 0 N–H and O–H groups in total. The quantitative estimate of drug-likeness (QED) is 0.754. The fourth-order valence-electron chi connectivity index (χ4n) is 4.49. The molecule has 2 atom stereocenters. The summed E-state index contributed by atoms with van der Waals surface area (Å²) in [5.74, 6) is 1.63. The lowest BCUT2D eigenvalue weighted by molar-refractivity contribution is 0.0832. The van der Waals surface area contributed by atoms with Crippen LogP contribution in [0.2, 0.25) is 0 Å². The first-order chi connectivity index (χ1) is 14.3. The summed E-state index contributed by atoms with van der Waals surface area (Å²) in [6.45, 7) is 1.69. The lowest BCUT2D eigenvalue weighted by Crippen LogP contribution is -2.43. The Morgan fingerprint density at radius 3 is 2.69 bits per heavy atom. The molecular weight excluding hydrogens is 366 g/mol. The Kier molecular flexibility index (Phi) is 4.88. The standard InChI is InChI=1S/C24H25NO4/c26-24(29-16-17-5-2-1-3-6-17)25-20-8-9-21(25)14-19(13-20)18-7-10-22-23(15-18)28-12-4-11-27-22/h1-3,5-7,10,13,15,20-21H,4,8-9,11-12,14,16H2. The molecule has 0 radical (unpaired) electrons. The van der Waals surface area contributed by atoms with Crippen molar-refractivity contribution >= 4 is 11.7 Å². The summed E-state index contributed by atoms with van der Waals surface area (Å²) in [5.41, 5.74) is 3.44. The van der Waals surface area contributed by atoms with E-state index in [0.717, 1.165) is 48.3 Å². The van der Waals surface area contributed by atoms with E-state index < -0.39 is 0 Å². The third kappa shape index (κ3) is 3.69. The highest BCUT2D eigenvalue weighted by Crippen LogP contribution is 2.41. The summed E-state index contributed by atoms with van der Waals surface area (Å²) in [6.07, 6.45) is 5.75. The van der Waals surface area contributed by atoms with E-state index in [1.807, 2.05) is 41.3 Å². The Hall–Kier alpha value is -2.95. The SMILES string of the molecule is O=C(OCc1ccccc1)N1C2C=C(c3ccc4c(c3)OCCCO4)CC1CC2. The second-order valence-electron chi connectivity index (χ2n) is 7.85. The van der Waals surface area contributed by atoms with Crippen molar-refractivity contribution in [3.05, 3.63) is 65.7 Å². The zero-order valence-corrected chi connectivity index (χ0v) is 16.4. The Morgan fingerprint density at radius 2 is 1.86 bits per heavy atom. The minimum Gasteiger partial charge on any atom is -0.490 e. The van der Waals surface area contributed by atoms with Gasteiger partial charge in [0.1, 0.15) is 6.61 Å². The number of carbonyl (C=O) groups excluding carboxylic acids is 1. The van der Waals surface area contributed by atoms with Gasteiger partial charge in [0.15, 0.2) is 11.5 Å². The second-order valence-corrected chi connectivity index (χ2v) is 7.85. The number of fused-ring (bicyclic) bond motifs is 3. The molecule has 150 valence electrons. The fraction of sp³-hybridized carbons (Fsp3) is 0.375. The molecule has 3 aliphatic rings. The number of hydrogen-bond acceptors (Lipinski definition) is 4. The van der Waals surface area contributed by atoms with Gasteiger partial charge in [-0.1, -0.05) is 42.5 Å². The number of hydrogen-bond donors (Lipinski definition) is 0. The number of ether oxygens (including phenoxy) is 3. The normalized spacial score (nSPS) is 22.6. The molecule has 1 amide bonds. The molecule has 2 aromatic rings. The molecule has 2 unspecified atom stereocenters. The van der Waals surface area contributed by atoms with Crippen LogP contribution >= 0.6 is 0 Å². The van der Waals surface area contributed by atoms with Gasteiger partial charge in [0.25, 0.3) is 0 Å². The first kappa shape index (κ1) is 18.1. The first-order valence-electron chi connectivity index (χ1n) is 10.4. The molecular formula is C24H25NO4. The lowest BCUT2D eigenvalue weighted by atomic mass is 9.94. The lowest BCUT2D eigenvalue weighted by Gasteiger charge is -2.33. The highest BCUT2D eigenvalue weighted by atomic mass is 16.6. The molecule has 3 aliphatic heterocycles. The van der Waals surface area contributed by atoms with E-state index in [0.29, 0.717) is 19.8 Å². The molecule has 0 aromatic heterocycles. The van der Waals surface area contributed by atoms with Gasteiger partial charge >= 0.3 is 6.09 Å². The van der Waals surface area contributed by atoms with Gasteiger partial charge < -0.3 is 14.2 Å². The van der Waals surface area contributed by atoms with Crippen LogP contribution in [0.1, 0.15) is 36.8 Å². The van der Waals surface area contributed by atoms with Crippen LogP contribution in [0.3, 0.4) is 0 Å². The van der Waals surface area contributed by atoms with Gasteiger partial charge in [0.2, 0.25) is 0 Å². The highest BCUT2D eigenvalue weighted by Gasteiger charge is 2.40. The van der Waals surface area contributed by atoms with Crippen molar-refractivity contribution in [1.29, 1.82) is 0 Å². The van der Waals surface area contributed by atoms with E-state index >= 15 is 0 Å². The van der Waals surface area contributed by atoms with Gasteiger partial charge in [-0.3, -0.25) is 4.90 Å². The maximum atomic E-state index is 12.7. The highest BCUT2D eigenvalue weighted by molar-refractivity contribution is 5.75. The molecule has 5 nitrogen and oxygen atoms in total.